The summed E-state index contributed by atoms with van der Waals surface area (Å²) in [5.74, 6) is -1.17. The van der Waals surface area contributed by atoms with Gasteiger partial charge in [-0.2, -0.15) is 0 Å². The third-order valence-corrected chi connectivity index (χ3v) is 1.36. The van der Waals surface area contributed by atoms with Crippen LogP contribution in [0.15, 0.2) is 24.3 Å². The molecule has 0 aliphatic heterocycles. The molecule has 0 aromatic carbocycles. The molecule has 0 aromatic rings. The fourth-order valence-electron chi connectivity index (χ4n) is 0.681. The SMILES string of the molecule is C=C(C)C(=O)N(CO)C(=O)C(=C)C. The predicted octanol–water partition coefficient (Wildman–Crippen LogP) is 0.444. The molecule has 0 saturated heterocycles. The smallest absolute Gasteiger partial charge is 0.257 e. The van der Waals surface area contributed by atoms with Crippen LogP contribution in [0.25, 0.3) is 0 Å². The molecule has 4 nitrogen and oxygen atoms in total. The van der Waals surface area contributed by atoms with Crippen molar-refractivity contribution < 1.29 is 14.7 Å². The van der Waals surface area contributed by atoms with E-state index in [-0.39, 0.29) is 11.1 Å². The summed E-state index contributed by atoms with van der Waals surface area (Å²) in [7, 11) is 0. The largest absolute Gasteiger partial charge is 0.376 e. The molecule has 0 rings (SSSR count). The van der Waals surface area contributed by atoms with Crippen molar-refractivity contribution in [3.05, 3.63) is 24.3 Å². The Morgan fingerprint density at radius 3 is 1.62 bits per heavy atom. The molecule has 4 heteroatoms. The molecule has 0 aromatic heterocycles. The number of carbonyl (C=O) groups is 2. The van der Waals surface area contributed by atoms with Crippen molar-refractivity contribution in [2.45, 2.75) is 13.8 Å². The van der Waals surface area contributed by atoms with Crippen molar-refractivity contribution in [2.24, 2.45) is 0 Å². The van der Waals surface area contributed by atoms with Crippen LogP contribution in [-0.4, -0.2) is 28.6 Å². The second-order valence-corrected chi connectivity index (χ2v) is 2.74. The Bertz CT molecular complexity index is 242. The van der Waals surface area contributed by atoms with Crippen LogP contribution in [0.2, 0.25) is 0 Å². The number of aliphatic hydroxyl groups is 1. The van der Waals surface area contributed by atoms with Crippen molar-refractivity contribution in [2.75, 3.05) is 6.73 Å². The summed E-state index contributed by atoms with van der Waals surface area (Å²) in [4.78, 5) is 23.1. The number of nitrogens with zero attached hydrogens (tertiary/aromatic N) is 1. The van der Waals surface area contributed by atoms with Crippen molar-refractivity contribution >= 4 is 11.8 Å². The highest BCUT2D eigenvalue weighted by molar-refractivity contribution is 6.08. The summed E-state index contributed by atoms with van der Waals surface area (Å²) in [5.41, 5.74) is 0.396. The van der Waals surface area contributed by atoms with Crippen LogP contribution < -0.4 is 0 Å². The van der Waals surface area contributed by atoms with Gasteiger partial charge in [0, 0.05) is 11.1 Å². The van der Waals surface area contributed by atoms with E-state index in [1.54, 1.807) is 0 Å². The van der Waals surface area contributed by atoms with Crippen molar-refractivity contribution in [1.29, 1.82) is 0 Å². The van der Waals surface area contributed by atoms with E-state index >= 15 is 0 Å². The fraction of sp³-hybridized carbons (Fsp3) is 0.333. The highest BCUT2D eigenvalue weighted by atomic mass is 16.3. The normalized spacial score (nSPS) is 9.15. The third kappa shape index (κ3) is 2.83. The molecule has 72 valence electrons. The van der Waals surface area contributed by atoms with Gasteiger partial charge in [0.05, 0.1) is 0 Å². The van der Waals surface area contributed by atoms with E-state index in [4.69, 9.17) is 5.11 Å². The fourth-order valence-corrected chi connectivity index (χ4v) is 0.681. The van der Waals surface area contributed by atoms with Gasteiger partial charge in [0.15, 0.2) is 0 Å². The van der Waals surface area contributed by atoms with E-state index in [9.17, 15) is 9.59 Å². The minimum Gasteiger partial charge on any atom is -0.376 e. The van der Waals surface area contributed by atoms with E-state index in [1.807, 2.05) is 0 Å². The Hall–Kier alpha value is -1.42. The first kappa shape index (κ1) is 11.6. The summed E-state index contributed by atoms with van der Waals surface area (Å²) >= 11 is 0. The number of hydrogen-bond acceptors (Lipinski definition) is 3. The predicted molar refractivity (Wildman–Crippen MR) is 48.6 cm³/mol. The molecule has 0 heterocycles. The van der Waals surface area contributed by atoms with Gasteiger partial charge < -0.3 is 5.11 Å². The zero-order valence-corrected chi connectivity index (χ0v) is 7.83. The number of rotatable bonds is 3. The Morgan fingerprint density at radius 1 is 1.15 bits per heavy atom. The first-order valence-electron chi connectivity index (χ1n) is 3.70. The molecule has 0 bridgehead atoms. The molecule has 0 radical (unpaired) electrons. The molecule has 0 aliphatic carbocycles. The molecule has 0 aliphatic rings. The number of amides is 2. The summed E-state index contributed by atoms with van der Waals surface area (Å²) in [5, 5.41) is 8.77. The van der Waals surface area contributed by atoms with Gasteiger partial charge in [-0.05, 0) is 13.8 Å². The van der Waals surface area contributed by atoms with Crippen LogP contribution >= 0.6 is 0 Å². The monoisotopic (exact) mass is 183 g/mol. The van der Waals surface area contributed by atoms with Crippen molar-refractivity contribution in [3.8, 4) is 0 Å². The second-order valence-electron chi connectivity index (χ2n) is 2.74. The quantitative estimate of drug-likeness (QED) is 0.510. The molecule has 13 heavy (non-hydrogen) atoms. The van der Waals surface area contributed by atoms with Crippen LogP contribution in [0.5, 0.6) is 0 Å². The van der Waals surface area contributed by atoms with Gasteiger partial charge in [0.1, 0.15) is 6.73 Å². The van der Waals surface area contributed by atoms with E-state index in [0.717, 1.165) is 0 Å². The minimum absolute atomic E-state index is 0.198. The highest BCUT2D eigenvalue weighted by Gasteiger charge is 2.20. The lowest BCUT2D eigenvalue weighted by atomic mass is 10.2. The van der Waals surface area contributed by atoms with Crippen LogP contribution in [0, 0.1) is 0 Å². The summed E-state index contributed by atoms with van der Waals surface area (Å²) in [6.45, 7) is 9.05. The molecule has 0 unspecified atom stereocenters. The van der Waals surface area contributed by atoms with Gasteiger partial charge in [0.25, 0.3) is 11.8 Å². The maximum absolute atomic E-state index is 11.2. The maximum Gasteiger partial charge on any atom is 0.257 e. The van der Waals surface area contributed by atoms with Crippen molar-refractivity contribution in [3.63, 3.8) is 0 Å². The molecule has 0 saturated carbocycles. The van der Waals surface area contributed by atoms with Gasteiger partial charge in [-0.1, -0.05) is 13.2 Å². The number of imide groups is 1. The first-order chi connectivity index (χ1) is 5.91. The van der Waals surface area contributed by atoms with E-state index in [1.165, 1.54) is 13.8 Å². The maximum atomic E-state index is 11.2. The van der Waals surface area contributed by atoms with E-state index in [0.29, 0.717) is 4.90 Å². The standard InChI is InChI=1S/C9H13NO3/c1-6(2)8(12)10(5-11)9(13)7(3)4/h11H,1,3,5H2,2,4H3. The third-order valence-electron chi connectivity index (χ3n) is 1.36. The lowest BCUT2D eigenvalue weighted by Crippen LogP contribution is -2.38. The lowest BCUT2D eigenvalue weighted by Gasteiger charge is -2.17. The molecular weight excluding hydrogens is 170 g/mol. The molecule has 2 amide bonds. The zero-order chi connectivity index (χ0) is 10.6. The van der Waals surface area contributed by atoms with Gasteiger partial charge >= 0.3 is 0 Å². The number of aliphatic hydroxyl groups excluding tert-OH is 1. The van der Waals surface area contributed by atoms with Crippen LogP contribution in [0.3, 0.4) is 0 Å². The summed E-state index contributed by atoms with van der Waals surface area (Å²) in [6.07, 6.45) is 0. The van der Waals surface area contributed by atoms with Crippen LogP contribution in [-0.2, 0) is 9.59 Å². The Kier molecular flexibility index (Phi) is 4.07. The molecule has 0 fully saturated rings. The average molecular weight is 183 g/mol. The summed E-state index contributed by atoms with van der Waals surface area (Å²) in [6, 6.07) is 0. The Labute approximate surface area is 77.2 Å². The zero-order valence-electron chi connectivity index (χ0n) is 7.83. The van der Waals surface area contributed by atoms with Gasteiger partial charge in [0.2, 0.25) is 0 Å². The molecule has 1 N–H and O–H groups in total. The number of carbonyl (C=O) groups excluding carboxylic acids is 2. The van der Waals surface area contributed by atoms with Gasteiger partial charge in [-0.25, -0.2) is 0 Å². The molecular formula is C9H13NO3. The van der Waals surface area contributed by atoms with E-state index < -0.39 is 18.5 Å². The number of hydrogen-bond donors (Lipinski definition) is 1. The molecule has 0 spiro atoms. The van der Waals surface area contributed by atoms with Gasteiger partial charge in [-0.15, -0.1) is 0 Å². The van der Waals surface area contributed by atoms with Gasteiger partial charge in [-0.3, -0.25) is 14.5 Å². The minimum atomic E-state index is -0.655. The first-order valence-corrected chi connectivity index (χ1v) is 3.70. The topological polar surface area (TPSA) is 57.6 Å². The Balaban J connectivity index is 4.71. The van der Waals surface area contributed by atoms with Crippen LogP contribution in [0.4, 0.5) is 0 Å². The average Bonchev–Trinajstić information content (AvgIpc) is 2.04. The highest BCUT2D eigenvalue weighted by Crippen LogP contribution is 2.03. The summed E-state index contributed by atoms with van der Waals surface area (Å²) < 4.78 is 0. The van der Waals surface area contributed by atoms with Crippen LogP contribution in [0.1, 0.15) is 13.8 Å². The molecule has 0 atom stereocenters. The second kappa shape index (κ2) is 4.57. The van der Waals surface area contributed by atoms with Crippen molar-refractivity contribution in [1.82, 2.24) is 4.90 Å². The Morgan fingerprint density at radius 2 is 1.46 bits per heavy atom. The van der Waals surface area contributed by atoms with E-state index in [2.05, 4.69) is 13.2 Å². The lowest BCUT2D eigenvalue weighted by molar-refractivity contribution is -0.144.